The fourth-order valence-electron chi connectivity index (χ4n) is 4.64. The molecule has 4 heterocycles. The Kier molecular flexibility index (Phi) is 4.37. The van der Waals surface area contributed by atoms with Gasteiger partial charge >= 0.3 is 5.69 Å². The Hall–Kier alpha value is -2.70. The summed E-state index contributed by atoms with van der Waals surface area (Å²) in [6, 6.07) is 4.19. The monoisotopic (exact) mass is 378 g/mol. The Bertz CT molecular complexity index is 1000. The van der Waals surface area contributed by atoms with Crippen LogP contribution in [0.3, 0.4) is 0 Å². The lowest BCUT2D eigenvalue weighted by atomic mass is 10.1. The number of rotatable bonds is 5. The predicted octanol–water partition coefficient (Wildman–Crippen LogP) is 3.04. The van der Waals surface area contributed by atoms with Gasteiger partial charge < -0.3 is 5.32 Å². The quantitative estimate of drug-likeness (QED) is 0.738. The van der Waals surface area contributed by atoms with Crippen LogP contribution >= 0.6 is 0 Å². The van der Waals surface area contributed by atoms with E-state index in [-0.39, 0.29) is 11.7 Å². The number of fused-ring (bicyclic) bond motifs is 3. The van der Waals surface area contributed by atoms with Crippen LogP contribution in [0.1, 0.15) is 56.3 Å². The Morgan fingerprint density at radius 2 is 2.11 bits per heavy atom. The van der Waals surface area contributed by atoms with Gasteiger partial charge in [0, 0.05) is 37.4 Å². The first-order valence-corrected chi connectivity index (χ1v) is 10.4. The zero-order valence-electron chi connectivity index (χ0n) is 16.3. The molecule has 28 heavy (non-hydrogen) atoms. The molecule has 1 aromatic rings. The van der Waals surface area contributed by atoms with E-state index in [1.807, 2.05) is 21.4 Å². The van der Waals surface area contributed by atoms with Gasteiger partial charge in [-0.05, 0) is 37.3 Å². The van der Waals surface area contributed by atoms with Gasteiger partial charge in [-0.3, -0.25) is 14.1 Å². The van der Waals surface area contributed by atoms with Crippen molar-refractivity contribution >= 4 is 5.82 Å². The van der Waals surface area contributed by atoms with Gasteiger partial charge in [-0.1, -0.05) is 25.8 Å². The zero-order valence-corrected chi connectivity index (χ0v) is 16.3. The summed E-state index contributed by atoms with van der Waals surface area (Å²) in [5, 5.41) is 3.56. The van der Waals surface area contributed by atoms with Gasteiger partial charge in [0.25, 0.3) is 0 Å². The van der Waals surface area contributed by atoms with Crippen LogP contribution in [0, 0.1) is 0 Å². The Morgan fingerprint density at radius 1 is 1.25 bits per heavy atom. The van der Waals surface area contributed by atoms with E-state index in [1.54, 1.807) is 6.20 Å². The molecule has 1 unspecified atom stereocenters. The summed E-state index contributed by atoms with van der Waals surface area (Å²) in [5.41, 5.74) is 2.03. The molecule has 7 nitrogen and oxygen atoms in total. The van der Waals surface area contributed by atoms with E-state index in [0.29, 0.717) is 19.0 Å². The average Bonchev–Trinajstić information content (AvgIpc) is 3.44. The molecular formula is C21H26N6O. The molecule has 3 aliphatic heterocycles. The topological polar surface area (TPSA) is 77.6 Å². The summed E-state index contributed by atoms with van der Waals surface area (Å²) in [7, 11) is 0. The molecule has 1 saturated carbocycles. The Balaban J connectivity index is 1.55. The van der Waals surface area contributed by atoms with Crippen molar-refractivity contribution in [2.75, 3.05) is 5.32 Å². The van der Waals surface area contributed by atoms with Gasteiger partial charge in [0.2, 0.25) is 0 Å². The SMILES string of the molecule is CCCn1c2nc(C3CCCC3)nc-2c2n(c1=O)CC(Cc1cccnc1)N2. The first-order valence-electron chi connectivity index (χ1n) is 10.4. The third kappa shape index (κ3) is 2.89. The van der Waals surface area contributed by atoms with Gasteiger partial charge in [0.15, 0.2) is 5.82 Å². The van der Waals surface area contributed by atoms with Gasteiger partial charge in [0.1, 0.15) is 17.3 Å². The molecule has 0 spiro atoms. The number of aromatic nitrogens is 5. The van der Waals surface area contributed by atoms with E-state index in [4.69, 9.17) is 9.97 Å². The van der Waals surface area contributed by atoms with Crippen LogP contribution in [0.2, 0.25) is 0 Å². The van der Waals surface area contributed by atoms with E-state index in [9.17, 15) is 4.79 Å². The molecule has 0 radical (unpaired) electrons. The second-order valence-electron chi connectivity index (χ2n) is 8.04. The number of hydrogen-bond acceptors (Lipinski definition) is 5. The number of nitrogens with one attached hydrogen (secondary N) is 1. The summed E-state index contributed by atoms with van der Waals surface area (Å²) in [5.74, 6) is 2.93. The smallest absolute Gasteiger partial charge is 0.331 e. The van der Waals surface area contributed by atoms with Crippen LogP contribution < -0.4 is 11.0 Å². The number of anilines is 1. The minimum absolute atomic E-state index is 0.0170. The van der Waals surface area contributed by atoms with Crippen molar-refractivity contribution in [1.29, 1.82) is 0 Å². The normalized spacial score (nSPS) is 19.2. The lowest BCUT2D eigenvalue weighted by Crippen LogP contribution is -2.32. The third-order valence-corrected chi connectivity index (χ3v) is 5.99. The molecule has 1 N–H and O–H groups in total. The van der Waals surface area contributed by atoms with Gasteiger partial charge in [-0.15, -0.1) is 0 Å². The molecule has 5 rings (SSSR count). The fourth-order valence-corrected chi connectivity index (χ4v) is 4.64. The van der Waals surface area contributed by atoms with Crippen LogP contribution in [0.25, 0.3) is 11.5 Å². The van der Waals surface area contributed by atoms with Crippen LogP contribution in [-0.2, 0) is 19.5 Å². The molecule has 146 valence electrons. The fraction of sp³-hybridized carbons (Fsp3) is 0.524. The zero-order chi connectivity index (χ0) is 19.1. The largest absolute Gasteiger partial charge is 0.365 e. The molecule has 1 atom stereocenters. The molecule has 1 fully saturated rings. The maximum absolute atomic E-state index is 13.2. The van der Waals surface area contributed by atoms with Crippen molar-refractivity contribution in [3.05, 3.63) is 46.4 Å². The van der Waals surface area contributed by atoms with Crippen molar-refractivity contribution in [2.45, 2.75) is 70.5 Å². The molecule has 0 bridgehead atoms. The van der Waals surface area contributed by atoms with Gasteiger partial charge in [-0.2, -0.15) is 0 Å². The minimum Gasteiger partial charge on any atom is -0.365 e. The second-order valence-corrected chi connectivity index (χ2v) is 8.04. The van der Waals surface area contributed by atoms with E-state index in [2.05, 4.69) is 23.3 Å². The standard InChI is InChI=1S/C21H26N6O/c1-2-10-26-20-17(24-18(25-20)15-7-3-4-8-15)19-23-16(13-27(19)21(26)28)11-14-6-5-9-22-12-14/h5-6,9,12,15-16,23H,2-4,7-8,10-11,13H2,1H3. The molecule has 0 aromatic carbocycles. The van der Waals surface area contributed by atoms with Gasteiger partial charge in [-0.25, -0.2) is 14.8 Å². The number of pyridine rings is 1. The molecule has 1 aliphatic carbocycles. The second kappa shape index (κ2) is 7.04. The lowest BCUT2D eigenvalue weighted by molar-refractivity contribution is 0.559. The van der Waals surface area contributed by atoms with Crippen LogP contribution in [-0.4, -0.2) is 30.1 Å². The van der Waals surface area contributed by atoms with E-state index in [1.165, 1.54) is 18.4 Å². The van der Waals surface area contributed by atoms with Crippen LogP contribution in [0.5, 0.6) is 0 Å². The van der Waals surface area contributed by atoms with Crippen molar-refractivity contribution in [1.82, 2.24) is 24.1 Å². The van der Waals surface area contributed by atoms with Crippen molar-refractivity contribution < 1.29 is 0 Å². The summed E-state index contributed by atoms with van der Waals surface area (Å²) in [4.78, 5) is 27.2. The van der Waals surface area contributed by atoms with Gasteiger partial charge in [0.05, 0.1) is 0 Å². The van der Waals surface area contributed by atoms with E-state index < -0.39 is 0 Å². The van der Waals surface area contributed by atoms with E-state index in [0.717, 1.165) is 48.8 Å². The highest BCUT2D eigenvalue weighted by Gasteiger charge is 2.33. The summed E-state index contributed by atoms with van der Waals surface area (Å²) in [6.45, 7) is 3.41. The van der Waals surface area contributed by atoms with E-state index >= 15 is 0 Å². The highest BCUT2D eigenvalue weighted by Crippen LogP contribution is 2.37. The lowest BCUT2D eigenvalue weighted by Gasteiger charge is -2.13. The molecule has 0 saturated heterocycles. The van der Waals surface area contributed by atoms with Crippen LogP contribution in [0.15, 0.2) is 29.3 Å². The minimum atomic E-state index is 0.0170. The molecule has 1 aromatic heterocycles. The van der Waals surface area contributed by atoms with Crippen molar-refractivity contribution in [3.63, 3.8) is 0 Å². The number of nitrogens with zero attached hydrogens (tertiary/aromatic N) is 5. The first kappa shape index (κ1) is 17.4. The molecule has 4 aliphatic rings. The highest BCUT2D eigenvalue weighted by atomic mass is 16.1. The summed E-state index contributed by atoms with van der Waals surface area (Å²) < 4.78 is 3.67. The number of imidazole rings is 1. The molecule has 7 heteroatoms. The third-order valence-electron chi connectivity index (χ3n) is 5.99. The number of hydrogen-bond donors (Lipinski definition) is 1. The average molecular weight is 378 g/mol. The Morgan fingerprint density at radius 3 is 2.86 bits per heavy atom. The molecular weight excluding hydrogens is 352 g/mol. The van der Waals surface area contributed by atoms with Crippen molar-refractivity contribution in [2.24, 2.45) is 0 Å². The first-order chi connectivity index (χ1) is 13.7. The van der Waals surface area contributed by atoms with Crippen molar-refractivity contribution in [3.8, 4) is 11.5 Å². The predicted molar refractivity (Wildman–Crippen MR) is 108 cm³/mol. The maximum atomic E-state index is 13.2. The Labute approximate surface area is 164 Å². The van der Waals surface area contributed by atoms with Crippen LogP contribution in [0.4, 0.5) is 5.82 Å². The maximum Gasteiger partial charge on any atom is 0.331 e. The summed E-state index contributed by atoms with van der Waals surface area (Å²) >= 11 is 0. The molecule has 0 amide bonds. The highest BCUT2D eigenvalue weighted by molar-refractivity contribution is 5.70. The summed E-state index contributed by atoms with van der Waals surface area (Å²) in [6.07, 6.45) is 10.2.